The zero-order chi connectivity index (χ0) is 22.0. The lowest BCUT2D eigenvalue weighted by atomic mass is 10.1. The molecule has 7 heteroatoms. The van der Waals surface area contributed by atoms with Gasteiger partial charge in [-0.3, -0.25) is 0 Å². The van der Waals surface area contributed by atoms with Crippen LogP contribution in [0.4, 0.5) is 0 Å². The van der Waals surface area contributed by atoms with Gasteiger partial charge in [-0.05, 0) is 66.8 Å². The minimum Gasteiger partial charge on any atom is -0.307 e. The minimum absolute atomic E-state index is 0.0820. The second-order valence-electron chi connectivity index (χ2n) is 7.70. The summed E-state index contributed by atoms with van der Waals surface area (Å²) in [5.74, 6) is 0.626. The van der Waals surface area contributed by atoms with E-state index in [4.69, 9.17) is 0 Å². The van der Waals surface area contributed by atoms with Crippen molar-refractivity contribution in [3.8, 4) is 0 Å². The zero-order valence-electron chi connectivity index (χ0n) is 18.0. The first-order valence-corrected chi connectivity index (χ1v) is 11.8. The highest BCUT2D eigenvalue weighted by molar-refractivity contribution is 7.89. The van der Waals surface area contributed by atoms with E-state index in [1.54, 1.807) is 18.3 Å². The Morgan fingerprint density at radius 3 is 2.42 bits per heavy atom. The summed E-state index contributed by atoms with van der Waals surface area (Å²) in [6, 6.07) is 17.3. The molecule has 31 heavy (non-hydrogen) atoms. The molecular weight excluding hydrogens is 408 g/mol. The van der Waals surface area contributed by atoms with E-state index in [1.165, 1.54) is 5.56 Å². The van der Waals surface area contributed by atoms with Crippen molar-refractivity contribution in [1.82, 2.24) is 19.3 Å². The van der Waals surface area contributed by atoms with Gasteiger partial charge in [0.25, 0.3) is 0 Å². The molecule has 0 radical (unpaired) electrons. The highest BCUT2D eigenvalue weighted by atomic mass is 32.2. The van der Waals surface area contributed by atoms with Crippen molar-refractivity contribution in [3.63, 3.8) is 0 Å². The van der Waals surface area contributed by atoms with Crippen LogP contribution in [-0.4, -0.2) is 23.0 Å². The highest BCUT2D eigenvalue weighted by Gasteiger charge is 2.18. The number of fused-ring (bicyclic) bond motifs is 1. The molecule has 2 aromatic carbocycles. The molecule has 0 bridgehead atoms. The fraction of sp³-hybridized carbons (Fsp3) is 0.250. The Labute approximate surface area is 183 Å². The first kappa shape index (κ1) is 21.2. The predicted octanol–water partition coefficient (Wildman–Crippen LogP) is 4.14. The SMILES string of the molecule is CCc1ccc(Cn2c(CNS(=O)(=O)c3ccc(C)c(C)c3)nc3cccnc32)cc1. The summed E-state index contributed by atoms with van der Waals surface area (Å²) in [6.07, 6.45) is 2.71. The van der Waals surface area contributed by atoms with Crippen LogP contribution >= 0.6 is 0 Å². The number of hydrogen-bond donors (Lipinski definition) is 1. The molecule has 0 aliphatic rings. The number of rotatable bonds is 7. The lowest BCUT2D eigenvalue weighted by Gasteiger charge is -2.11. The number of nitrogens with zero attached hydrogens (tertiary/aromatic N) is 3. The third-order valence-electron chi connectivity index (χ3n) is 5.56. The number of aryl methyl sites for hydroxylation is 3. The molecule has 0 unspecified atom stereocenters. The number of pyridine rings is 1. The van der Waals surface area contributed by atoms with Crippen LogP contribution in [0.25, 0.3) is 11.2 Å². The number of aromatic nitrogens is 3. The van der Waals surface area contributed by atoms with Gasteiger partial charge in [-0.1, -0.05) is 37.3 Å². The van der Waals surface area contributed by atoms with Crippen molar-refractivity contribution in [1.29, 1.82) is 0 Å². The van der Waals surface area contributed by atoms with Crippen LogP contribution in [0.1, 0.15) is 35.0 Å². The molecule has 160 valence electrons. The van der Waals surface area contributed by atoms with E-state index in [2.05, 4.69) is 45.9 Å². The number of benzene rings is 2. The smallest absolute Gasteiger partial charge is 0.240 e. The molecule has 0 spiro atoms. The maximum atomic E-state index is 12.9. The van der Waals surface area contributed by atoms with E-state index in [9.17, 15) is 8.42 Å². The molecule has 0 aliphatic carbocycles. The first-order valence-electron chi connectivity index (χ1n) is 10.3. The van der Waals surface area contributed by atoms with E-state index in [1.807, 2.05) is 36.6 Å². The normalized spacial score (nSPS) is 11.8. The monoisotopic (exact) mass is 434 g/mol. The van der Waals surface area contributed by atoms with Crippen LogP contribution in [0, 0.1) is 13.8 Å². The predicted molar refractivity (Wildman–Crippen MR) is 122 cm³/mol. The molecule has 0 aliphatic heterocycles. The van der Waals surface area contributed by atoms with Crippen LogP contribution in [0.15, 0.2) is 65.7 Å². The van der Waals surface area contributed by atoms with E-state index in [0.29, 0.717) is 12.4 Å². The molecule has 6 nitrogen and oxygen atoms in total. The van der Waals surface area contributed by atoms with Crippen LogP contribution in [0.3, 0.4) is 0 Å². The van der Waals surface area contributed by atoms with Gasteiger partial charge in [-0.25, -0.2) is 23.1 Å². The van der Waals surface area contributed by atoms with Gasteiger partial charge in [0, 0.05) is 6.20 Å². The number of hydrogen-bond acceptors (Lipinski definition) is 4. The second-order valence-corrected chi connectivity index (χ2v) is 9.47. The topological polar surface area (TPSA) is 76.9 Å². The van der Waals surface area contributed by atoms with Gasteiger partial charge in [0.05, 0.1) is 18.0 Å². The quantitative estimate of drug-likeness (QED) is 0.474. The summed E-state index contributed by atoms with van der Waals surface area (Å²) in [4.78, 5) is 9.38. The molecule has 0 atom stereocenters. The highest BCUT2D eigenvalue weighted by Crippen LogP contribution is 2.18. The van der Waals surface area contributed by atoms with Gasteiger partial charge in [-0.15, -0.1) is 0 Å². The van der Waals surface area contributed by atoms with Gasteiger partial charge >= 0.3 is 0 Å². The van der Waals surface area contributed by atoms with Gasteiger partial charge in [0.2, 0.25) is 10.0 Å². The molecule has 2 heterocycles. The average Bonchev–Trinajstić information content (AvgIpc) is 3.12. The number of imidazole rings is 1. The Morgan fingerprint density at radius 2 is 1.71 bits per heavy atom. The van der Waals surface area contributed by atoms with Crippen molar-refractivity contribution in [3.05, 3.63) is 88.9 Å². The third-order valence-corrected chi connectivity index (χ3v) is 6.96. The molecule has 0 fully saturated rings. The van der Waals surface area contributed by atoms with Gasteiger partial charge < -0.3 is 4.57 Å². The van der Waals surface area contributed by atoms with E-state index in [-0.39, 0.29) is 11.4 Å². The summed E-state index contributed by atoms with van der Waals surface area (Å²) in [5.41, 5.74) is 5.87. The summed E-state index contributed by atoms with van der Waals surface area (Å²) in [7, 11) is -3.66. The molecular formula is C24H26N4O2S. The van der Waals surface area contributed by atoms with Crippen molar-refractivity contribution < 1.29 is 8.42 Å². The standard InChI is InChI=1S/C24H26N4O2S/c1-4-19-8-10-20(11-9-19)16-28-23(27-22-6-5-13-25-24(22)28)15-26-31(29,30)21-12-7-17(2)18(3)14-21/h5-14,26H,4,15-16H2,1-3H3. The van der Waals surface area contributed by atoms with Crippen LogP contribution in [0.5, 0.6) is 0 Å². The summed E-state index contributed by atoms with van der Waals surface area (Å²) >= 11 is 0. The lowest BCUT2D eigenvalue weighted by molar-refractivity contribution is 0.576. The summed E-state index contributed by atoms with van der Waals surface area (Å²) < 4.78 is 30.4. The molecule has 2 aromatic heterocycles. The largest absolute Gasteiger partial charge is 0.307 e. The van der Waals surface area contributed by atoms with E-state index >= 15 is 0 Å². The minimum atomic E-state index is -3.66. The maximum absolute atomic E-state index is 12.9. The fourth-order valence-corrected chi connectivity index (χ4v) is 4.56. The van der Waals surface area contributed by atoms with E-state index < -0.39 is 10.0 Å². The van der Waals surface area contributed by atoms with Crippen molar-refractivity contribution in [2.24, 2.45) is 0 Å². The number of sulfonamides is 1. The Balaban J connectivity index is 1.63. The van der Waals surface area contributed by atoms with Crippen LogP contribution in [0.2, 0.25) is 0 Å². The Bertz CT molecular complexity index is 1330. The Hall–Kier alpha value is -3.03. The van der Waals surface area contributed by atoms with Gasteiger partial charge in [0.1, 0.15) is 11.3 Å². The molecule has 4 aromatic rings. The van der Waals surface area contributed by atoms with Crippen molar-refractivity contribution in [2.75, 3.05) is 0 Å². The summed E-state index contributed by atoms with van der Waals surface area (Å²) in [6.45, 7) is 6.64. The second kappa shape index (κ2) is 8.61. The molecule has 1 N–H and O–H groups in total. The molecule has 0 saturated heterocycles. The first-order chi connectivity index (χ1) is 14.9. The third kappa shape index (κ3) is 4.52. The van der Waals surface area contributed by atoms with Crippen LogP contribution < -0.4 is 4.72 Å². The Morgan fingerprint density at radius 1 is 0.968 bits per heavy atom. The molecule has 4 rings (SSSR count). The Kier molecular flexibility index (Phi) is 5.89. The lowest BCUT2D eigenvalue weighted by Crippen LogP contribution is -2.25. The maximum Gasteiger partial charge on any atom is 0.240 e. The fourth-order valence-electron chi connectivity index (χ4n) is 3.49. The van der Waals surface area contributed by atoms with Gasteiger partial charge in [-0.2, -0.15) is 0 Å². The van der Waals surface area contributed by atoms with Crippen molar-refractivity contribution >= 4 is 21.2 Å². The van der Waals surface area contributed by atoms with Crippen LogP contribution in [-0.2, 0) is 29.5 Å². The van der Waals surface area contributed by atoms with Crippen molar-refractivity contribution in [2.45, 2.75) is 45.2 Å². The molecule has 0 amide bonds. The average molecular weight is 435 g/mol. The zero-order valence-corrected chi connectivity index (χ0v) is 18.8. The molecule has 0 saturated carbocycles. The van der Waals surface area contributed by atoms with E-state index in [0.717, 1.165) is 34.3 Å². The van der Waals surface area contributed by atoms with Gasteiger partial charge in [0.15, 0.2) is 5.65 Å². The summed E-state index contributed by atoms with van der Waals surface area (Å²) in [5, 5.41) is 0. The number of nitrogens with one attached hydrogen (secondary N) is 1.